The van der Waals surface area contributed by atoms with Gasteiger partial charge in [0.25, 0.3) is 10.0 Å². The van der Waals surface area contributed by atoms with Crippen molar-refractivity contribution in [3.8, 4) is 5.75 Å². The van der Waals surface area contributed by atoms with E-state index < -0.39 is 21.7 Å². The first-order valence-corrected chi connectivity index (χ1v) is 6.60. The van der Waals surface area contributed by atoms with Gasteiger partial charge in [0.2, 0.25) is 0 Å². The Morgan fingerprint density at radius 1 is 1.26 bits per heavy atom. The van der Waals surface area contributed by atoms with Gasteiger partial charge in [-0.25, -0.2) is 13.2 Å². The lowest BCUT2D eigenvalue weighted by molar-refractivity contribution is 0.0694. The molecule has 7 nitrogen and oxygen atoms in total. The van der Waals surface area contributed by atoms with Gasteiger partial charge in [-0.05, 0) is 24.3 Å². The van der Waals surface area contributed by atoms with Gasteiger partial charge >= 0.3 is 5.97 Å². The summed E-state index contributed by atoms with van der Waals surface area (Å²) in [5.74, 6) is -1.78. The molecular weight excluding hydrogens is 272 g/mol. The van der Waals surface area contributed by atoms with E-state index >= 15 is 0 Å². The molecule has 2 rings (SSSR count). The Kier molecular flexibility index (Phi) is 3.17. The van der Waals surface area contributed by atoms with E-state index in [1.54, 1.807) is 0 Å². The first-order chi connectivity index (χ1) is 8.90. The number of H-pyrrole nitrogens is 1. The van der Waals surface area contributed by atoms with Crippen LogP contribution in [0.3, 0.4) is 0 Å². The number of benzene rings is 1. The zero-order valence-electron chi connectivity index (χ0n) is 9.49. The van der Waals surface area contributed by atoms with Crippen LogP contribution >= 0.6 is 0 Å². The lowest BCUT2D eigenvalue weighted by Gasteiger charge is -2.08. The van der Waals surface area contributed by atoms with E-state index in [1.807, 2.05) is 0 Å². The average Bonchev–Trinajstić information content (AvgIpc) is 2.85. The summed E-state index contributed by atoms with van der Waals surface area (Å²) in [5, 5.41) is 18.2. The van der Waals surface area contributed by atoms with E-state index in [2.05, 4.69) is 9.71 Å². The third-order valence-corrected chi connectivity index (χ3v) is 3.74. The molecular formula is C11H10N2O5S. The van der Waals surface area contributed by atoms with Crippen LogP contribution < -0.4 is 4.72 Å². The molecule has 0 aliphatic carbocycles. The number of carbonyl (C=O) groups is 1. The average molecular weight is 282 g/mol. The molecule has 0 radical (unpaired) electrons. The van der Waals surface area contributed by atoms with Crippen molar-refractivity contribution in [3.05, 3.63) is 42.2 Å². The molecule has 8 heteroatoms. The quantitative estimate of drug-likeness (QED) is 0.628. The highest BCUT2D eigenvalue weighted by molar-refractivity contribution is 7.92. The molecule has 0 saturated heterocycles. The summed E-state index contributed by atoms with van der Waals surface area (Å²) in [7, 11) is -3.78. The molecule has 1 heterocycles. The van der Waals surface area contributed by atoms with Gasteiger partial charge in [-0.2, -0.15) is 0 Å². The summed E-state index contributed by atoms with van der Waals surface area (Å²) in [6, 6.07) is 4.78. The Labute approximate surface area is 108 Å². The summed E-state index contributed by atoms with van der Waals surface area (Å²) in [5.41, 5.74) is -0.328. The second kappa shape index (κ2) is 4.65. The zero-order chi connectivity index (χ0) is 14.0. The smallest absolute Gasteiger partial charge is 0.339 e. The number of hydrogen-bond donors (Lipinski definition) is 4. The van der Waals surface area contributed by atoms with Crippen LogP contribution in [-0.4, -0.2) is 29.6 Å². The predicted octanol–water partition coefficient (Wildman–Crippen LogP) is 1.22. The number of rotatable bonds is 4. The standard InChI is InChI=1S/C11H10N2O5S/c14-10-2-1-7(5-9(10)11(15)16)13-19(17,18)8-3-4-12-6-8/h1-6,12-14H,(H,15,16). The number of aromatic amines is 1. The predicted molar refractivity (Wildman–Crippen MR) is 66.7 cm³/mol. The monoisotopic (exact) mass is 282 g/mol. The van der Waals surface area contributed by atoms with Crippen molar-refractivity contribution < 1.29 is 23.4 Å². The third-order valence-electron chi connectivity index (χ3n) is 2.36. The molecule has 0 amide bonds. The van der Waals surface area contributed by atoms with Crippen molar-refractivity contribution in [1.29, 1.82) is 0 Å². The molecule has 4 N–H and O–H groups in total. The van der Waals surface area contributed by atoms with Crippen molar-refractivity contribution in [3.63, 3.8) is 0 Å². The largest absolute Gasteiger partial charge is 0.507 e. The summed E-state index contributed by atoms with van der Waals surface area (Å²) in [6.45, 7) is 0. The number of sulfonamides is 1. The summed E-state index contributed by atoms with van der Waals surface area (Å²) < 4.78 is 26.0. The van der Waals surface area contributed by atoms with Crippen molar-refractivity contribution in [2.45, 2.75) is 4.90 Å². The van der Waals surface area contributed by atoms with Crippen LogP contribution in [0.25, 0.3) is 0 Å². The molecule has 0 unspecified atom stereocenters. The Bertz CT molecular complexity index is 707. The van der Waals surface area contributed by atoms with Gasteiger partial charge in [0.05, 0.1) is 0 Å². The Hall–Kier alpha value is -2.48. The molecule has 0 atom stereocenters. The molecule has 0 fully saturated rings. The van der Waals surface area contributed by atoms with E-state index in [-0.39, 0.29) is 16.1 Å². The first-order valence-electron chi connectivity index (χ1n) is 5.12. The van der Waals surface area contributed by atoms with Crippen molar-refractivity contribution in [1.82, 2.24) is 4.98 Å². The Balaban J connectivity index is 2.35. The van der Waals surface area contributed by atoms with E-state index in [0.29, 0.717) is 0 Å². The van der Waals surface area contributed by atoms with Crippen molar-refractivity contribution in [2.24, 2.45) is 0 Å². The van der Waals surface area contributed by atoms with Crippen LogP contribution in [0.2, 0.25) is 0 Å². The highest BCUT2D eigenvalue weighted by atomic mass is 32.2. The van der Waals surface area contributed by atoms with Gasteiger partial charge in [0, 0.05) is 18.1 Å². The first kappa shape index (κ1) is 13.0. The number of anilines is 1. The lowest BCUT2D eigenvalue weighted by atomic mass is 10.2. The van der Waals surface area contributed by atoms with E-state index in [0.717, 1.165) is 12.1 Å². The summed E-state index contributed by atoms with van der Waals surface area (Å²) >= 11 is 0. The second-order valence-corrected chi connectivity index (χ2v) is 5.37. The van der Waals surface area contributed by atoms with Gasteiger partial charge in [0.15, 0.2) is 0 Å². The van der Waals surface area contributed by atoms with Crippen LogP contribution in [-0.2, 0) is 10.0 Å². The molecule has 1 aromatic carbocycles. The molecule has 100 valence electrons. The topological polar surface area (TPSA) is 119 Å². The zero-order valence-corrected chi connectivity index (χ0v) is 10.3. The van der Waals surface area contributed by atoms with Crippen LogP contribution in [0.15, 0.2) is 41.6 Å². The maximum atomic E-state index is 11.9. The fourth-order valence-corrected chi connectivity index (χ4v) is 2.49. The molecule has 0 aliphatic rings. The van der Waals surface area contributed by atoms with Gasteiger partial charge in [-0.1, -0.05) is 0 Å². The highest BCUT2D eigenvalue weighted by Gasteiger charge is 2.16. The molecule has 0 aliphatic heterocycles. The third kappa shape index (κ3) is 2.68. The minimum absolute atomic E-state index is 0.0254. The number of aromatic carboxylic acids is 1. The van der Waals surface area contributed by atoms with Gasteiger partial charge in [0.1, 0.15) is 16.2 Å². The molecule has 0 bridgehead atoms. The molecule has 19 heavy (non-hydrogen) atoms. The van der Waals surface area contributed by atoms with E-state index in [4.69, 9.17) is 5.11 Å². The van der Waals surface area contributed by atoms with E-state index in [1.165, 1.54) is 24.5 Å². The van der Waals surface area contributed by atoms with Crippen LogP contribution in [0, 0.1) is 0 Å². The fourth-order valence-electron chi connectivity index (χ4n) is 1.46. The van der Waals surface area contributed by atoms with Crippen LogP contribution in [0.5, 0.6) is 5.75 Å². The number of aromatic nitrogens is 1. The highest BCUT2D eigenvalue weighted by Crippen LogP contribution is 2.23. The van der Waals surface area contributed by atoms with Gasteiger partial charge in [-0.3, -0.25) is 4.72 Å². The molecule has 1 aromatic heterocycles. The molecule has 0 spiro atoms. The van der Waals surface area contributed by atoms with Crippen LogP contribution in [0.1, 0.15) is 10.4 Å². The fraction of sp³-hybridized carbons (Fsp3) is 0. The van der Waals surface area contributed by atoms with Crippen molar-refractivity contribution in [2.75, 3.05) is 4.72 Å². The number of nitrogens with one attached hydrogen (secondary N) is 2. The number of hydrogen-bond acceptors (Lipinski definition) is 4. The van der Waals surface area contributed by atoms with Gasteiger partial charge < -0.3 is 15.2 Å². The van der Waals surface area contributed by atoms with Gasteiger partial charge in [-0.15, -0.1) is 0 Å². The molecule has 2 aromatic rings. The Morgan fingerprint density at radius 2 is 2.00 bits per heavy atom. The second-order valence-electron chi connectivity index (χ2n) is 3.69. The maximum absolute atomic E-state index is 11.9. The number of aromatic hydroxyl groups is 1. The summed E-state index contributed by atoms with van der Waals surface area (Å²) in [6.07, 6.45) is 2.74. The lowest BCUT2D eigenvalue weighted by Crippen LogP contribution is -2.12. The van der Waals surface area contributed by atoms with E-state index in [9.17, 15) is 18.3 Å². The SMILES string of the molecule is O=C(O)c1cc(NS(=O)(=O)c2cc[nH]c2)ccc1O. The number of phenols is 1. The normalized spacial score (nSPS) is 11.2. The molecule has 0 saturated carbocycles. The minimum atomic E-state index is -3.78. The van der Waals surface area contributed by atoms with Crippen LogP contribution in [0.4, 0.5) is 5.69 Å². The number of carboxylic acids is 1. The number of carboxylic acid groups (broad SMARTS) is 1. The minimum Gasteiger partial charge on any atom is -0.507 e. The van der Waals surface area contributed by atoms with Crippen molar-refractivity contribution >= 4 is 21.7 Å². The summed E-state index contributed by atoms with van der Waals surface area (Å²) in [4.78, 5) is 13.5. The Morgan fingerprint density at radius 3 is 2.58 bits per heavy atom. The maximum Gasteiger partial charge on any atom is 0.339 e.